The molecule has 1 aromatic rings. The molecular weight excluding hydrogens is 262 g/mol. The Hall–Kier alpha value is -2.24. The zero-order chi connectivity index (χ0) is 15.3. The highest BCUT2D eigenvalue weighted by atomic mass is 16.5. The highest BCUT2D eigenvalue weighted by Crippen LogP contribution is 2.27. The Morgan fingerprint density at radius 3 is 2.20 bits per heavy atom. The average Bonchev–Trinajstić information content (AvgIpc) is 2.42. The fraction of sp³-hybridized carbons (Fsp3) is 0.429. The summed E-state index contributed by atoms with van der Waals surface area (Å²) in [5, 5.41) is 11.5. The molecule has 0 aliphatic heterocycles. The van der Waals surface area contributed by atoms with Crippen molar-refractivity contribution >= 4 is 11.9 Å². The predicted molar refractivity (Wildman–Crippen MR) is 73.3 cm³/mol. The van der Waals surface area contributed by atoms with Crippen molar-refractivity contribution < 1.29 is 24.2 Å². The Balaban J connectivity index is 2.95. The maximum absolute atomic E-state index is 12.1. The highest BCUT2D eigenvalue weighted by molar-refractivity contribution is 5.97. The molecule has 2 N–H and O–H groups in total. The standard InChI is InChI=1S/C14H19NO5/c1-8(2)12(14(17)18)15-13(16)9-5-6-10(19-3)11(7-9)20-4/h5-8,12H,1-4H3,(H,15,16)(H,17,18). The number of carbonyl (C=O) groups excluding carboxylic acids is 1. The predicted octanol–water partition coefficient (Wildman–Crippen LogP) is 1.54. The maximum atomic E-state index is 12.1. The number of hydrogen-bond donors (Lipinski definition) is 2. The van der Waals surface area contributed by atoms with E-state index in [0.29, 0.717) is 17.1 Å². The topological polar surface area (TPSA) is 84.9 Å². The second kappa shape index (κ2) is 6.79. The molecule has 0 heterocycles. The molecule has 20 heavy (non-hydrogen) atoms. The summed E-state index contributed by atoms with van der Waals surface area (Å²) in [6.45, 7) is 3.46. The molecule has 6 heteroatoms. The lowest BCUT2D eigenvalue weighted by Gasteiger charge is -2.18. The number of methoxy groups -OCH3 is 2. The number of hydrogen-bond acceptors (Lipinski definition) is 4. The van der Waals surface area contributed by atoms with Crippen molar-refractivity contribution in [2.45, 2.75) is 19.9 Å². The summed E-state index contributed by atoms with van der Waals surface area (Å²) in [4.78, 5) is 23.1. The largest absolute Gasteiger partial charge is 0.493 e. The first-order valence-electron chi connectivity index (χ1n) is 6.16. The summed E-state index contributed by atoms with van der Waals surface area (Å²) in [5.41, 5.74) is 0.314. The van der Waals surface area contributed by atoms with Gasteiger partial charge in [-0.15, -0.1) is 0 Å². The van der Waals surface area contributed by atoms with Crippen LogP contribution in [0.15, 0.2) is 18.2 Å². The summed E-state index contributed by atoms with van der Waals surface area (Å²) < 4.78 is 10.2. The van der Waals surface area contributed by atoms with Crippen molar-refractivity contribution in [3.63, 3.8) is 0 Å². The van der Waals surface area contributed by atoms with E-state index in [1.54, 1.807) is 26.0 Å². The Morgan fingerprint density at radius 2 is 1.75 bits per heavy atom. The molecule has 0 radical (unpaired) electrons. The van der Waals surface area contributed by atoms with Crippen molar-refractivity contribution in [3.05, 3.63) is 23.8 Å². The van der Waals surface area contributed by atoms with E-state index in [4.69, 9.17) is 14.6 Å². The number of aliphatic carboxylic acids is 1. The second-order valence-electron chi connectivity index (χ2n) is 4.60. The number of rotatable bonds is 6. The zero-order valence-corrected chi connectivity index (χ0v) is 12.0. The Bertz CT molecular complexity index is 498. The monoisotopic (exact) mass is 281 g/mol. The molecule has 0 saturated carbocycles. The third-order valence-electron chi connectivity index (χ3n) is 2.87. The Kier molecular flexibility index (Phi) is 5.37. The van der Waals surface area contributed by atoms with Gasteiger partial charge in [-0.3, -0.25) is 4.79 Å². The van der Waals surface area contributed by atoms with Gasteiger partial charge in [-0.2, -0.15) is 0 Å². The zero-order valence-electron chi connectivity index (χ0n) is 12.0. The molecule has 0 saturated heterocycles. The van der Waals surface area contributed by atoms with Gasteiger partial charge in [0, 0.05) is 5.56 Å². The number of benzene rings is 1. The molecule has 1 unspecified atom stereocenters. The first-order chi connectivity index (χ1) is 9.40. The van der Waals surface area contributed by atoms with Crippen molar-refractivity contribution in [2.24, 2.45) is 5.92 Å². The molecule has 6 nitrogen and oxygen atoms in total. The molecular formula is C14H19NO5. The highest BCUT2D eigenvalue weighted by Gasteiger charge is 2.24. The molecule has 0 bridgehead atoms. The lowest BCUT2D eigenvalue weighted by atomic mass is 10.0. The Labute approximate surface area is 117 Å². The molecule has 110 valence electrons. The number of carboxylic acid groups (broad SMARTS) is 1. The summed E-state index contributed by atoms with van der Waals surface area (Å²) in [5.74, 6) is -0.822. The van der Waals surface area contributed by atoms with Crippen LogP contribution in [0, 0.1) is 5.92 Å². The maximum Gasteiger partial charge on any atom is 0.326 e. The third kappa shape index (κ3) is 3.63. The van der Waals surface area contributed by atoms with E-state index < -0.39 is 17.9 Å². The summed E-state index contributed by atoms with van der Waals surface area (Å²) in [6.07, 6.45) is 0. The van der Waals surface area contributed by atoms with Gasteiger partial charge >= 0.3 is 5.97 Å². The van der Waals surface area contributed by atoms with Gasteiger partial charge in [-0.05, 0) is 24.1 Å². The summed E-state index contributed by atoms with van der Waals surface area (Å²) in [7, 11) is 2.96. The quantitative estimate of drug-likeness (QED) is 0.826. The number of nitrogens with one attached hydrogen (secondary N) is 1. The van der Waals surface area contributed by atoms with Crippen LogP contribution in [0.25, 0.3) is 0 Å². The first-order valence-corrected chi connectivity index (χ1v) is 6.16. The lowest BCUT2D eigenvalue weighted by molar-refractivity contribution is -0.140. The Morgan fingerprint density at radius 1 is 1.15 bits per heavy atom. The minimum Gasteiger partial charge on any atom is -0.493 e. The van der Waals surface area contributed by atoms with Gasteiger partial charge in [0.05, 0.1) is 14.2 Å². The number of carbonyl (C=O) groups is 2. The van der Waals surface area contributed by atoms with Crippen molar-refractivity contribution in [2.75, 3.05) is 14.2 Å². The molecule has 1 atom stereocenters. The SMILES string of the molecule is COc1ccc(C(=O)NC(C(=O)O)C(C)C)cc1OC. The second-order valence-corrected chi connectivity index (χ2v) is 4.60. The molecule has 0 aliphatic rings. The molecule has 0 spiro atoms. The van der Waals surface area contributed by atoms with Crippen LogP contribution >= 0.6 is 0 Å². The van der Waals surface area contributed by atoms with Crippen LogP contribution in [0.4, 0.5) is 0 Å². The van der Waals surface area contributed by atoms with Crippen molar-refractivity contribution in [1.82, 2.24) is 5.32 Å². The molecule has 0 aromatic heterocycles. The van der Waals surface area contributed by atoms with Gasteiger partial charge in [0.15, 0.2) is 11.5 Å². The van der Waals surface area contributed by atoms with Crippen LogP contribution in [0.1, 0.15) is 24.2 Å². The molecule has 1 rings (SSSR count). The smallest absolute Gasteiger partial charge is 0.326 e. The van der Waals surface area contributed by atoms with E-state index in [9.17, 15) is 9.59 Å². The van der Waals surface area contributed by atoms with Crippen molar-refractivity contribution in [1.29, 1.82) is 0 Å². The van der Waals surface area contributed by atoms with Gasteiger partial charge in [0.1, 0.15) is 6.04 Å². The van der Waals surface area contributed by atoms with Crippen LogP contribution in [0.3, 0.4) is 0 Å². The van der Waals surface area contributed by atoms with E-state index in [2.05, 4.69) is 5.32 Å². The van der Waals surface area contributed by atoms with Gasteiger partial charge in [-0.25, -0.2) is 4.79 Å². The van der Waals surface area contributed by atoms with Gasteiger partial charge in [-0.1, -0.05) is 13.8 Å². The minimum atomic E-state index is -1.06. The molecule has 0 fully saturated rings. The van der Waals surface area contributed by atoms with Crippen molar-refractivity contribution in [3.8, 4) is 11.5 Å². The minimum absolute atomic E-state index is 0.211. The van der Waals surface area contributed by atoms with E-state index in [1.807, 2.05) is 0 Å². The third-order valence-corrected chi connectivity index (χ3v) is 2.87. The fourth-order valence-electron chi connectivity index (χ4n) is 1.72. The number of ether oxygens (including phenoxy) is 2. The summed E-state index contributed by atoms with van der Waals surface area (Å²) >= 11 is 0. The summed E-state index contributed by atoms with van der Waals surface area (Å²) in [6, 6.07) is 3.72. The average molecular weight is 281 g/mol. The normalized spacial score (nSPS) is 11.8. The molecule has 1 amide bonds. The lowest BCUT2D eigenvalue weighted by Crippen LogP contribution is -2.44. The van der Waals surface area contributed by atoms with Crippen LogP contribution in [-0.4, -0.2) is 37.2 Å². The van der Waals surface area contributed by atoms with Crippen LogP contribution in [0.5, 0.6) is 11.5 Å². The van der Waals surface area contributed by atoms with E-state index in [1.165, 1.54) is 20.3 Å². The fourth-order valence-corrected chi connectivity index (χ4v) is 1.72. The van der Waals surface area contributed by atoms with Gasteiger partial charge < -0.3 is 19.9 Å². The van der Waals surface area contributed by atoms with Crippen LogP contribution < -0.4 is 14.8 Å². The van der Waals surface area contributed by atoms with E-state index in [0.717, 1.165) is 0 Å². The first kappa shape index (κ1) is 15.8. The van der Waals surface area contributed by atoms with Gasteiger partial charge in [0.25, 0.3) is 5.91 Å². The number of carboxylic acids is 1. The number of amides is 1. The van der Waals surface area contributed by atoms with Gasteiger partial charge in [0.2, 0.25) is 0 Å². The van der Waals surface area contributed by atoms with E-state index in [-0.39, 0.29) is 5.92 Å². The van der Waals surface area contributed by atoms with Crippen LogP contribution in [0.2, 0.25) is 0 Å². The van der Waals surface area contributed by atoms with Crippen LogP contribution in [-0.2, 0) is 4.79 Å². The molecule has 0 aliphatic carbocycles. The molecule has 1 aromatic carbocycles. The van der Waals surface area contributed by atoms with E-state index >= 15 is 0 Å².